The number of hydrogen-bond acceptors (Lipinski definition) is 12. The highest BCUT2D eigenvalue weighted by Gasteiger charge is 2.29. The number of likely N-dealkylation sites (tertiary alicyclic amines) is 2. The molecule has 0 bridgehead atoms. The first kappa shape index (κ1) is 46.6. The molecule has 0 radical (unpaired) electrons. The van der Waals surface area contributed by atoms with Crippen molar-refractivity contribution in [2.45, 2.75) is 44.3 Å². The van der Waals surface area contributed by atoms with Crippen LogP contribution in [0.1, 0.15) is 32.1 Å². The van der Waals surface area contributed by atoms with Gasteiger partial charge in [-0.25, -0.2) is 28.7 Å². The molecule has 1 N–H and O–H groups in total. The van der Waals surface area contributed by atoms with Crippen molar-refractivity contribution in [1.82, 2.24) is 29.7 Å². The number of nitrogens with one attached hydrogen (secondary N) is 1. The third-order valence-corrected chi connectivity index (χ3v) is 13.1. The lowest BCUT2D eigenvalue weighted by Crippen LogP contribution is -2.42. The van der Waals surface area contributed by atoms with Gasteiger partial charge in [0.15, 0.2) is 34.6 Å². The van der Waals surface area contributed by atoms with E-state index in [0.29, 0.717) is 108 Å². The van der Waals surface area contributed by atoms with Crippen LogP contribution in [-0.2, 0) is 9.59 Å². The Bertz CT molecular complexity index is 2830. The first-order valence-corrected chi connectivity index (χ1v) is 22.4. The van der Waals surface area contributed by atoms with Gasteiger partial charge in [-0.1, -0.05) is 53.0 Å². The molecule has 4 aromatic carbocycles. The van der Waals surface area contributed by atoms with Crippen molar-refractivity contribution in [2.24, 2.45) is 0 Å². The summed E-state index contributed by atoms with van der Waals surface area (Å²) in [5.41, 5.74) is 1.13. The fourth-order valence-electron chi connectivity index (χ4n) is 8.02. The van der Waals surface area contributed by atoms with Crippen molar-refractivity contribution in [3.8, 4) is 23.0 Å². The van der Waals surface area contributed by atoms with E-state index in [-0.39, 0.29) is 68.5 Å². The van der Waals surface area contributed by atoms with Crippen LogP contribution in [0.4, 0.5) is 31.8 Å². The number of rotatable bonds is 14. The van der Waals surface area contributed by atoms with Gasteiger partial charge >= 0.3 is 0 Å². The number of carbonyl (C=O) groups excluding carboxylic acids is 2. The number of aromatic nitrogens is 4. The third-order valence-electron chi connectivity index (χ3n) is 11.5. The number of halogens is 6. The summed E-state index contributed by atoms with van der Waals surface area (Å²) in [4.78, 5) is 49.0. The van der Waals surface area contributed by atoms with Crippen LogP contribution < -0.4 is 29.2 Å². The highest BCUT2D eigenvalue weighted by atomic mass is 35.5. The van der Waals surface area contributed by atoms with E-state index in [1.165, 1.54) is 57.2 Å². The number of nitrogens with zero attached hydrogens (tertiary/aromatic N) is 7. The molecule has 2 aromatic heterocycles. The number of fused-ring (bicyclic) bond motifs is 2. The predicted octanol–water partition coefficient (Wildman–Crippen LogP) is 10.4. The van der Waals surface area contributed by atoms with Crippen LogP contribution in [0, 0.1) is 11.6 Å². The zero-order valence-corrected chi connectivity index (χ0v) is 38.7. The van der Waals surface area contributed by atoms with Crippen molar-refractivity contribution >= 4 is 103 Å². The molecule has 2 aliphatic rings. The molecule has 2 saturated heterocycles. The minimum atomic E-state index is -0.785. The van der Waals surface area contributed by atoms with Gasteiger partial charge < -0.3 is 39.0 Å². The van der Waals surface area contributed by atoms with E-state index in [0.717, 1.165) is 0 Å². The van der Waals surface area contributed by atoms with Crippen LogP contribution in [0.15, 0.2) is 73.8 Å². The van der Waals surface area contributed by atoms with Gasteiger partial charge in [0, 0.05) is 87.7 Å². The van der Waals surface area contributed by atoms with Gasteiger partial charge in [-0.2, -0.15) is 0 Å². The van der Waals surface area contributed by atoms with Gasteiger partial charge in [0.25, 0.3) is 0 Å². The number of methoxy groups -OCH3 is 2. The van der Waals surface area contributed by atoms with Crippen LogP contribution in [-0.4, -0.2) is 101 Å². The third kappa shape index (κ3) is 9.78. The molecule has 0 saturated carbocycles. The van der Waals surface area contributed by atoms with Gasteiger partial charge in [-0.3, -0.25) is 9.59 Å². The molecule has 0 unspecified atom stereocenters. The van der Waals surface area contributed by atoms with Crippen molar-refractivity contribution in [2.75, 3.05) is 57.2 Å². The molecule has 2 aliphatic heterocycles. The van der Waals surface area contributed by atoms with Crippen molar-refractivity contribution < 1.29 is 37.3 Å². The topological polar surface area (TPSA) is 144 Å². The molecular weight excluding hydrogens is 940 g/mol. The molecule has 66 heavy (non-hydrogen) atoms. The number of hydrogen-bond donors (Lipinski definition) is 1. The second-order valence-electron chi connectivity index (χ2n) is 15.4. The Labute approximate surface area is 398 Å². The maximum Gasteiger partial charge on any atom is 0.245 e. The normalized spacial score (nSPS) is 14.6. The largest absolute Gasteiger partial charge is 0.493 e. The van der Waals surface area contributed by atoms with Crippen LogP contribution >= 0.6 is 46.4 Å². The average molecular weight is 983 g/mol. The minimum absolute atomic E-state index is 0.00707. The Morgan fingerprint density at radius 1 is 0.742 bits per heavy atom. The number of piperidine rings is 2. The first-order valence-electron chi connectivity index (χ1n) is 20.9. The quantitative estimate of drug-likeness (QED) is 0.0819. The van der Waals surface area contributed by atoms with Gasteiger partial charge in [0.05, 0.1) is 56.7 Å². The molecule has 0 atom stereocenters. The first-order chi connectivity index (χ1) is 31.9. The lowest BCUT2D eigenvalue weighted by molar-refractivity contribution is -0.132. The second-order valence-corrected chi connectivity index (χ2v) is 17.0. The van der Waals surface area contributed by atoms with E-state index < -0.39 is 11.6 Å². The van der Waals surface area contributed by atoms with E-state index >= 15 is 4.39 Å². The van der Waals surface area contributed by atoms with Crippen molar-refractivity contribution in [3.63, 3.8) is 0 Å². The fraction of sp³-hybridized carbons (Fsp3) is 0.304. The van der Waals surface area contributed by atoms with E-state index in [1.807, 2.05) is 0 Å². The maximum absolute atomic E-state index is 16.1. The Hall–Kier alpha value is -5.94. The van der Waals surface area contributed by atoms with E-state index in [2.05, 4.69) is 31.8 Å². The maximum atomic E-state index is 16.1. The van der Waals surface area contributed by atoms with Crippen LogP contribution in [0.5, 0.6) is 23.0 Å². The lowest BCUT2D eigenvalue weighted by atomic mass is 10.1. The SMILES string of the molecule is C=CC(=O)N1CCC(Oc2cc3c(N(CCC(=O)N4CCC(Oc5cc6c(Nc7ccc(Cl)c(Cl)c7F)ncnc6cc5OC)CC4)c4ccc(Cl)c(Cl)c4F)ncnc3cc2OC)CC1. The van der Waals surface area contributed by atoms with Crippen LogP contribution in [0.25, 0.3) is 21.8 Å². The molecule has 2 amide bonds. The van der Waals surface area contributed by atoms with Crippen molar-refractivity contribution in [3.05, 3.63) is 106 Å². The lowest BCUT2D eigenvalue weighted by Gasteiger charge is -2.33. The van der Waals surface area contributed by atoms with Gasteiger partial charge in [0.2, 0.25) is 11.8 Å². The minimum Gasteiger partial charge on any atom is -0.493 e. The summed E-state index contributed by atoms with van der Waals surface area (Å²) in [5, 5.41) is 3.62. The molecule has 4 heterocycles. The monoisotopic (exact) mass is 980 g/mol. The molecule has 0 spiro atoms. The highest BCUT2D eigenvalue weighted by Crippen LogP contribution is 2.42. The molecule has 20 heteroatoms. The van der Waals surface area contributed by atoms with E-state index in [9.17, 15) is 14.0 Å². The van der Waals surface area contributed by atoms with Crippen LogP contribution in [0.2, 0.25) is 20.1 Å². The zero-order chi connectivity index (χ0) is 46.6. The van der Waals surface area contributed by atoms with Gasteiger partial charge in [-0.05, 0) is 42.5 Å². The molecule has 0 aliphatic carbocycles. The summed E-state index contributed by atoms with van der Waals surface area (Å²) < 4.78 is 55.4. The number of amides is 2. The highest BCUT2D eigenvalue weighted by molar-refractivity contribution is 6.42. The average Bonchev–Trinajstić information content (AvgIpc) is 3.33. The van der Waals surface area contributed by atoms with Crippen LogP contribution in [0.3, 0.4) is 0 Å². The zero-order valence-electron chi connectivity index (χ0n) is 35.6. The van der Waals surface area contributed by atoms with E-state index in [4.69, 9.17) is 65.4 Å². The van der Waals surface area contributed by atoms with Gasteiger partial charge in [0.1, 0.15) is 36.5 Å². The fourth-order valence-corrected chi connectivity index (χ4v) is 8.63. The molecule has 2 fully saturated rings. The smallest absolute Gasteiger partial charge is 0.245 e. The molecule has 8 rings (SSSR count). The Morgan fingerprint density at radius 2 is 1.29 bits per heavy atom. The molecule has 14 nitrogen and oxygen atoms in total. The Morgan fingerprint density at radius 3 is 1.89 bits per heavy atom. The Kier molecular flexibility index (Phi) is 14.3. The second kappa shape index (κ2) is 20.3. The summed E-state index contributed by atoms with van der Waals surface area (Å²) in [5.74, 6) is 0.466. The summed E-state index contributed by atoms with van der Waals surface area (Å²) in [6, 6.07) is 12.8. The summed E-state index contributed by atoms with van der Waals surface area (Å²) in [6.07, 6.45) is 5.61. The van der Waals surface area contributed by atoms with Crippen molar-refractivity contribution in [1.29, 1.82) is 0 Å². The number of ether oxygens (including phenoxy) is 4. The van der Waals surface area contributed by atoms with E-state index in [1.54, 1.807) is 39.0 Å². The number of benzene rings is 4. The molecule has 6 aromatic rings. The number of anilines is 4. The summed E-state index contributed by atoms with van der Waals surface area (Å²) >= 11 is 24.6. The Balaban J connectivity index is 0.988. The predicted molar refractivity (Wildman–Crippen MR) is 251 cm³/mol. The standard InChI is InChI=1S/C46H42Cl4F2N8O6/c1-4-39(61)58-14-9-25(10-15-58)66-38-20-28-33(22-36(38)64-3)54-24-56-46(28)60(34-8-6-30(48)42(50)44(34)52)18-13-40(62)59-16-11-26(12-17-59)65-37-19-27-32(21-35(37)63-2)53-23-55-45(27)57-31-7-5-29(47)41(49)43(31)51/h4-8,19-26H,1,9-18H2,2-3H3,(H,53,55,57). The summed E-state index contributed by atoms with van der Waals surface area (Å²) in [7, 11) is 3.04. The summed E-state index contributed by atoms with van der Waals surface area (Å²) in [6.45, 7) is 5.36. The molecular formula is C46H42Cl4F2N8O6. The molecule has 344 valence electrons. The van der Waals surface area contributed by atoms with Gasteiger partial charge in [-0.15, -0.1) is 0 Å². The number of carbonyl (C=O) groups is 2.